The van der Waals surface area contributed by atoms with Crippen molar-refractivity contribution >= 4 is 17.7 Å². The van der Waals surface area contributed by atoms with Crippen LogP contribution < -0.4 is 15.9 Å². The summed E-state index contributed by atoms with van der Waals surface area (Å²) in [6.45, 7) is 0.00311. The number of nitrogens with one attached hydrogen (secondary N) is 1. The lowest BCUT2D eigenvalue weighted by Gasteiger charge is -2.07. The van der Waals surface area contributed by atoms with Gasteiger partial charge in [0, 0.05) is 18.4 Å². The molecule has 7 nitrogen and oxygen atoms in total. The first kappa shape index (κ1) is 17.8. The molecule has 0 unspecified atom stereocenters. The van der Waals surface area contributed by atoms with Crippen LogP contribution >= 0.6 is 11.8 Å². The van der Waals surface area contributed by atoms with Gasteiger partial charge in [-0.05, 0) is 17.7 Å². The van der Waals surface area contributed by atoms with E-state index in [1.54, 1.807) is 7.05 Å². The lowest BCUT2D eigenvalue weighted by atomic mass is 10.2. The number of carbonyl (C=O) groups is 1. The molecule has 8 heteroatoms. The Morgan fingerprint density at radius 1 is 1.15 bits per heavy atom. The van der Waals surface area contributed by atoms with E-state index in [0.29, 0.717) is 22.5 Å². The molecule has 0 atom stereocenters. The smallest absolute Gasteiger partial charge is 0.257 e. The Labute approximate surface area is 155 Å². The lowest BCUT2D eigenvalue weighted by Crippen LogP contribution is -2.24. The molecule has 26 heavy (non-hydrogen) atoms. The van der Waals surface area contributed by atoms with Gasteiger partial charge in [0.15, 0.2) is 12.4 Å². The fraction of sp³-hybridized carbons (Fsp3) is 0.167. The zero-order valence-corrected chi connectivity index (χ0v) is 15.1. The highest BCUT2D eigenvalue weighted by Crippen LogP contribution is 2.25. The molecule has 1 amide bonds. The summed E-state index contributed by atoms with van der Waals surface area (Å²) < 4.78 is 6.88. The predicted octanol–water partition coefficient (Wildman–Crippen LogP) is 2.08. The summed E-state index contributed by atoms with van der Waals surface area (Å²) >= 11 is 1.50. The molecule has 0 aliphatic rings. The van der Waals surface area contributed by atoms with Gasteiger partial charge in [0.2, 0.25) is 5.16 Å². The molecule has 134 valence electrons. The summed E-state index contributed by atoms with van der Waals surface area (Å²) in [6.07, 6.45) is 0. The van der Waals surface area contributed by atoms with E-state index in [9.17, 15) is 4.79 Å². The first-order valence-corrected chi connectivity index (χ1v) is 8.97. The highest BCUT2D eigenvalue weighted by Gasteiger charge is 2.12. The number of benzene rings is 2. The van der Waals surface area contributed by atoms with Crippen LogP contribution in [0.15, 0.2) is 59.8 Å². The van der Waals surface area contributed by atoms with Crippen LogP contribution in [-0.2, 0) is 10.5 Å². The molecular formula is C18H19N5O2S. The van der Waals surface area contributed by atoms with Gasteiger partial charge in [-0.15, -0.1) is 10.2 Å². The summed E-state index contributed by atoms with van der Waals surface area (Å²) in [4.78, 5) is 11.2. The van der Waals surface area contributed by atoms with Gasteiger partial charge in [0.1, 0.15) is 5.75 Å². The van der Waals surface area contributed by atoms with E-state index in [0.717, 1.165) is 11.1 Å². The number of ether oxygens (including phenoxy) is 1. The van der Waals surface area contributed by atoms with E-state index in [-0.39, 0.29) is 12.5 Å². The normalized spacial score (nSPS) is 10.5. The van der Waals surface area contributed by atoms with Crippen molar-refractivity contribution in [2.24, 2.45) is 0 Å². The van der Waals surface area contributed by atoms with Crippen molar-refractivity contribution in [2.75, 3.05) is 19.5 Å². The number of nitrogens with zero attached hydrogens (tertiary/aromatic N) is 3. The minimum atomic E-state index is -0.166. The van der Waals surface area contributed by atoms with E-state index in [1.165, 1.54) is 16.4 Å². The molecule has 0 fully saturated rings. The maximum Gasteiger partial charge on any atom is 0.257 e. The average molecular weight is 369 g/mol. The molecule has 0 bridgehead atoms. The molecule has 0 saturated heterocycles. The zero-order valence-electron chi connectivity index (χ0n) is 14.3. The monoisotopic (exact) mass is 369 g/mol. The minimum absolute atomic E-state index is 0.00311. The molecule has 1 heterocycles. The molecule has 1 aromatic heterocycles. The van der Waals surface area contributed by atoms with Gasteiger partial charge in [0.25, 0.3) is 5.91 Å². The van der Waals surface area contributed by atoms with Crippen LogP contribution in [0.3, 0.4) is 0 Å². The molecule has 3 rings (SSSR count). The van der Waals surface area contributed by atoms with Crippen molar-refractivity contribution in [2.45, 2.75) is 10.9 Å². The number of amides is 1. The molecule has 0 aliphatic heterocycles. The van der Waals surface area contributed by atoms with Crippen molar-refractivity contribution in [3.05, 3.63) is 60.2 Å². The molecule has 0 radical (unpaired) electrons. The van der Waals surface area contributed by atoms with Crippen LogP contribution in [0.5, 0.6) is 5.75 Å². The van der Waals surface area contributed by atoms with Gasteiger partial charge in [-0.2, -0.15) is 0 Å². The lowest BCUT2D eigenvalue weighted by molar-refractivity contribution is -0.122. The number of rotatable bonds is 7. The van der Waals surface area contributed by atoms with Gasteiger partial charge in [0.05, 0.1) is 0 Å². The van der Waals surface area contributed by atoms with E-state index in [1.807, 2.05) is 54.6 Å². The topological polar surface area (TPSA) is 95.1 Å². The van der Waals surface area contributed by atoms with Crippen LogP contribution in [0, 0.1) is 0 Å². The number of likely N-dealkylation sites (N-methyl/N-ethyl adjacent to an activating group) is 1. The molecular weight excluding hydrogens is 350 g/mol. The van der Waals surface area contributed by atoms with Crippen LogP contribution in [0.1, 0.15) is 5.56 Å². The van der Waals surface area contributed by atoms with Gasteiger partial charge < -0.3 is 15.9 Å². The van der Waals surface area contributed by atoms with Crippen LogP contribution in [0.25, 0.3) is 11.4 Å². The Balaban J connectivity index is 1.59. The second-order valence-electron chi connectivity index (χ2n) is 5.44. The second kappa shape index (κ2) is 8.39. The van der Waals surface area contributed by atoms with E-state index >= 15 is 0 Å². The largest absolute Gasteiger partial charge is 0.484 e. The zero-order chi connectivity index (χ0) is 18.4. The van der Waals surface area contributed by atoms with Gasteiger partial charge in [-0.1, -0.05) is 54.2 Å². The van der Waals surface area contributed by atoms with Gasteiger partial charge in [-0.25, -0.2) is 4.68 Å². The number of aromatic nitrogens is 3. The second-order valence-corrected chi connectivity index (χ2v) is 6.38. The first-order chi connectivity index (χ1) is 12.7. The van der Waals surface area contributed by atoms with Crippen molar-refractivity contribution in [3.63, 3.8) is 0 Å². The van der Waals surface area contributed by atoms with Crippen LogP contribution in [0.2, 0.25) is 0 Å². The summed E-state index contributed by atoms with van der Waals surface area (Å²) in [6, 6.07) is 17.3. The fourth-order valence-electron chi connectivity index (χ4n) is 2.21. The minimum Gasteiger partial charge on any atom is -0.484 e. The summed E-state index contributed by atoms with van der Waals surface area (Å²) in [5.41, 5.74) is 2.01. The van der Waals surface area contributed by atoms with Crippen molar-refractivity contribution in [1.82, 2.24) is 20.2 Å². The summed E-state index contributed by atoms with van der Waals surface area (Å²) in [7, 11) is 1.57. The van der Waals surface area contributed by atoms with Crippen LogP contribution in [-0.4, -0.2) is 34.4 Å². The predicted molar refractivity (Wildman–Crippen MR) is 101 cm³/mol. The molecule has 3 aromatic rings. The van der Waals surface area contributed by atoms with E-state index in [2.05, 4.69) is 15.5 Å². The summed E-state index contributed by atoms with van der Waals surface area (Å²) in [5.74, 6) is 7.93. The maximum atomic E-state index is 11.2. The quantitative estimate of drug-likeness (QED) is 0.489. The number of hydrogen-bond donors (Lipinski definition) is 2. The number of thioether (sulfide) groups is 1. The molecule has 0 saturated carbocycles. The SMILES string of the molecule is CNC(=O)COc1ccc(CSc2nnc(-c3ccccc3)n2N)cc1. The third kappa shape index (κ3) is 4.34. The fourth-order valence-corrected chi connectivity index (χ4v) is 3.02. The molecule has 3 N–H and O–H groups in total. The molecule has 0 spiro atoms. The van der Waals surface area contributed by atoms with E-state index in [4.69, 9.17) is 10.6 Å². The third-order valence-corrected chi connectivity index (χ3v) is 4.65. The van der Waals surface area contributed by atoms with Crippen LogP contribution in [0.4, 0.5) is 0 Å². The molecule has 0 aliphatic carbocycles. The average Bonchev–Trinajstić information content (AvgIpc) is 3.06. The van der Waals surface area contributed by atoms with Gasteiger partial charge in [-0.3, -0.25) is 4.79 Å². The number of hydrogen-bond acceptors (Lipinski definition) is 6. The number of nitrogen functional groups attached to an aromatic ring is 1. The highest BCUT2D eigenvalue weighted by molar-refractivity contribution is 7.98. The van der Waals surface area contributed by atoms with Gasteiger partial charge >= 0.3 is 0 Å². The Morgan fingerprint density at radius 3 is 2.58 bits per heavy atom. The Kier molecular flexibility index (Phi) is 5.75. The van der Waals surface area contributed by atoms with Crippen molar-refractivity contribution in [1.29, 1.82) is 0 Å². The van der Waals surface area contributed by atoms with Crippen molar-refractivity contribution in [3.8, 4) is 17.1 Å². The third-order valence-electron chi connectivity index (χ3n) is 3.64. The number of nitrogens with two attached hydrogens (primary N) is 1. The van der Waals surface area contributed by atoms with Crippen molar-refractivity contribution < 1.29 is 9.53 Å². The maximum absolute atomic E-state index is 11.2. The number of carbonyl (C=O) groups excluding carboxylic acids is 1. The van der Waals surface area contributed by atoms with E-state index < -0.39 is 0 Å². The highest BCUT2D eigenvalue weighted by atomic mass is 32.2. The standard InChI is InChI=1S/C18H19N5O2S/c1-20-16(24)11-25-15-9-7-13(8-10-15)12-26-18-22-21-17(23(18)19)14-5-3-2-4-6-14/h2-10H,11-12,19H2,1H3,(H,20,24). The Morgan fingerprint density at radius 2 is 1.88 bits per heavy atom. The summed E-state index contributed by atoms with van der Waals surface area (Å²) in [5, 5.41) is 11.5. The Bertz CT molecular complexity index is 865. The Hall–Kier alpha value is -3.00. The molecule has 2 aromatic carbocycles. The first-order valence-electron chi connectivity index (χ1n) is 7.98.